The Bertz CT molecular complexity index is 425. The van der Waals surface area contributed by atoms with Gasteiger partial charge in [0.15, 0.2) is 9.84 Å². The van der Waals surface area contributed by atoms with Crippen LogP contribution < -0.4 is 10.6 Å². The van der Waals surface area contributed by atoms with Gasteiger partial charge in [0, 0.05) is 24.5 Å². The largest absolute Gasteiger partial charge is 0.481 e. The van der Waals surface area contributed by atoms with E-state index in [0.29, 0.717) is 13.1 Å². The highest BCUT2D eigenvalue weighted by atomic mass is 32.2. The second kappa shape index (κ2) is 3.83. The Morgan fingerprint density at radius 1 is 1.56 bits per heavy atom. The van der Waals surface area contributed by atoms with Crippen molar-refractivity contribution in [3.63, 3.8) is 0 Å². The monoisotopic (exact) mass is 246 g/mol. The Balaban J connectivity index is 1.98. The second-order valence-electron chi connectivity index (χ2n) is 4.36. The number of aliphatic carboxylic acids is 1. The van der Waals surface area contributed by atoms with E-state index < -0.39 is 21.3 Å². The van der Waals surface area contributed by atoms with Gasteiger partial charge in [-0.2, -0.15) is 0 Å². The van der Waals surface area contributed by atoms with Gasteiger partial charge in [-0.25, -0.2) is 8.42 Å². The van der Waals surface area contributed by atoms with Gasteiger partial charge in [0.25, 0.3) is 0 Å². The summed E-state index contributed by atoms with van der Waals surface area (Å²) >= 11 is 0. The quantitative estimate of drug-likeness (QED) is 0.571. The van der Waals surface area contributed by atoms with E-state index in [1.54, 1.807) is 6.08 Å². The molecule has 1 unspecified atom stereocenters. The zero-order chi connectivity index (χ0) is 11.8. The van der Waals surface area contributed by atoms with E-state index in [1.807, 2.05) is 0 Å². The lowest BCUT2D eigenvalue weighted by Crippen LogP contribution is -2.70. The van der Waals surface area contributed by atoms with Crippen LogP contribution in [-0.2, 0) is 14.6 Å². The molecular formula is C9H14N2O4S. The molecule has 0 aromatic rings. The van der Waals surface area contributed by atoms with Gasteiger partial charge in [-0.1, -0.05) is 6.08 Å². The number of rotatable bonds is 4. The standard InChI is InChI=1S/C9H14N2O4S/c12-8(13)3-9(5-10-6-9)11-7-1-2-16(14,15)4-7/h1-2,7,10-11H,3-6H2,(H,12,13). The summed E-state index contributed by atoms with van der Waals surface area (Å²) in [7, 11) is -3.09. The average molecular weight is 246 g/mol. The number of hydrogen-bond donors (Lipinski definition) is 3. The lowest BCUT2D eigenvalue weighted by atomic mass is 9.87. The van der Waals surface area contributed by atoms with Crippen LogP contribution in [0.5, 0.6) is 0 Å². The van der Waals surface area contributed by atoms with Gasteiger partial charge in [-0.3, -0.25) is 4.79 Å². The predicted molar refractivity (Wildman–Crippen MR) is 57.7 cm³/mol. The molecule has 0 aromatic carbocycles. The molecule has 7 heteroatoms. The van der Waals surface area contributed by atoms with Crippen molar-refractivity contribution < 1.29 is 18.3 Å². The van der Waals surface area contributed by atoms with Gasteiger partial charge < -0.3 is 15.7 Å². The summed E-state index contributed by atoms with van der Waals surface area (Å²) in [6.45, 7) is 1.12. The van der Waals surface area contributed by atoms with Crippen molar-refractivity contribution in [1.29, 1.82) is 0 Å². The summed E-state index contributed by atoms with van der Waals surface area (Å²) in [6.07, 6.45) is 1.58. The van der Waals surface area contributed by atoms with Crippen molar-refractivity contribution >= 4 is 15.8 Å². The molecule has 2 aliphatic rings. The molecule has 0 aliphatic carbocycles. The molecule has 1 fully saturated rings. The molecule has 0 amide bonds. The summed E-state index contributed by atoms with van der Waals surface area (Å²) in [5.74, 6) is -0.854. The molecule has 1 saturated heterocycles. The van der Waals surface area contributed by atoms with Crippen LogP contribution in [-0.4, -0.2) is 49.9 Å². The lowest BCUT2D eigenvalue weighted by Gasteiger charge is -2.44. The van der Waals surface area contributed by atoms with Gasteiger partial charge in [-0.05, 0) is 0 Å². The lowest BCUT2D eigenvalue weighted by molar-refractivity contribution is -0.139. The average Bonchev–Trinajstić information content (AvgIpc) is 2.40. The summed E-state index contributed by atoms with van der Waals surface area (Å²) < 4.78 is 22.4. The van der Waals surface area contributed by atoms with Gasteiger partial charge in [0.1, 0.15) is 0 Å². The van der Waals surface area contributed by atoms with E-state index in [-0.39, 0.29) is 18.2 Å². The van der Waals surface area contributed by atoms with E-state index in [0.717, 1.165) is 0 Å². The molecule has 90 valence electrons. The molecule has 0 aromatic heterocycles. The number of carboxylic acid groups (broad SMARTS) is 1. The molecule has 3 N–H and O–H groups in total. The van der Waals surface area contributed by atoms with Crippen molar-refractivity contribution in [3.05, 3.63) is 11.5 Å². The first kappa shape index (κ1) is 11.6. The van der Waals surface area contributed by atoms with Crippen LogP contribution >= 0.6 is 0 Å². The molecule has 1 atom stereocenters. The highest BCUT2D eigenvalue weighted by Gasteiger charge is 2.41. The molecule has 0 radical (unpaired) electrons. The summed E-state index contributed by atoms with van der Waals surface area (Å²) in [5.41, 5.74) is -0.499. The SMILES string of the molecule is O=C(O)CC1(NC2C=CS(=O)(=O)C2)CNC1. The number of hydrogen-bond acceptors (Lipinski definition) is 5. The van der Waals surface area contributed by atoms with Crippen molar-refractivity contribution in [3.8, 4) is 0 Å². The zero-order valence-corrected chi connectivity index (χ0v) is 9.46. The number of carbonyl (C=O) groups is 1. The number of sulfone groups is 1. The molecule has 2 aliphatic heterocycles. The highest BCUT2D eigenvalue weighted by Crippen LogP contribution is 2.19. The molecular weight excluding hydrogens is 232 g/mol. The fourth-order valence-electron chi connectivity index (χ4n) is 2.05. The summed E-state index contributed by atoms with van der Waals surface area (Å²) in [6, 6.07) is -0.272. The third kappa shape index (κ3) is 2.42. The van der Waals surface area contributed by atoms with Crippen LogP contribution in [0.25, 0.3) is 0 Å². The topological polar surface area (TPSA) is 95.5 Å². The summed E-state index contributed by atoms with van der Waals surface area (Å²) in [4.78, 5) is 10.7. The molecule has 2 heterocycles. The first-order valence-electron chi connectivity index (χ1n) is 5.02. The Labute approximate surface area is 93.6 Å². The molecule has 2 rings (SSSR count). The third-order valence-electron chi connectivity index (χ3n) is 2.84. The Kier molecular flexibility index (Phi) is 2.77. The van der Waals surface area contributed by atoms with Crippen LogP contribution in [0.15, 0.2) is 11.5 Å². The van der Waals surface area contributed by atoms with Gasteiger partial charge in [0.2, 0.25) is 0 Å². The maximum atomic E-state index is 11.2. The Morgan fingerprint density at radius 2 is 2.25 bits per heavy atom. The Hall–Kier alpha value is -0.920. The molecule has 16 heavy (non-hydrogen) atoms. The van der Waals surface area contributed by atoms with Crippen molar-refractivity contribution in [1.82, 2.24) is 10.6 Å². The molecule has 0 saturated carbocycles. The molecule has 0 spiro atoms. The zero-order valence-electron chi connectivity index (χ0n) is 8.64. The number of nitrogens with one attached hydrogen (secondary N) is 2. The number of carboxylic acids is 1. The van der Waals surface area contributed by atoms with E-state index in [9.17, 15) is 13.2 Å². The predicted octanol–water partition coefficient (Wildman–Crippen LogP) is -1.30. The van der Waals surface area contributed by atoms with Crippen molar-refractivity contribution in [2.24, 2.45) is 0 Å². The fraction of sp³-hybridized carbons (Fsp3) is 0.667. The van der Waals surface area contributed by atoms with E-state index in [4.69, 9.17) is 5.11 Å². The third-order valence-corrected chi connectivity index (χ3v) is 4.23. The second-order valence-corrected chi connectivity index (χ2v) is 6.29. The highest BCUT2D eigenvalue weighted by molar-refractivity contribution is 7.94. The van der Waals surface area contributed by atoms with Gasteiger partial charge >= 0.3 is 5.97 Å². The fourth-order valence-corrected chi connectivity index (χ4v) is 3.29. The maximum absolute atomic E-state index is 11.2. The minimum Gasteiger partial charge on any atom is -0.481 e. The van der Waals surface area contributed by atoms with Crippen molar-refractivity contribution in [2.75, 3.05) is 18.8 Å². The first-order valence-corrected chi connectivity index (χ1v) is 6.74. The van der Waals surface area contributed by atoms with E-state index in [1.165, 1.54) is 5.41 Å². The maximum Gasteiger partial charge on any atom is 0.305 e. The first-order chi connectivity index (χ1) is 7.41. The Morgan fingerprint density at radius 3 is 2.62 bits per heavy atom. The van der Waals surface area contributed by atoms with Crippen LogP contribution in [0.4, 0.5) is 0 Å². The van der Waals surface area contributed by atoms with Crippen LogP contribution in [0, 0.1) is 0 Å². The van der Waals surface area contributed by atoms with Gasteiger partial charge in [-0.15, -0.1) is 0 Å². The van der Waals surface area contributed by atoms with Gasteiger partial charge in [0.05, 0.1) is 17.7 Å². The molecule has 6 nitrogen and oxygen atoms in total. The minimum absolute atomic E-state index is 0.00435. The minimum atomic E-state index is -3.09. The normalized spacial score (nSPS) is 29.9. The van der Waals surface area contributed by atoms with Crippen LogP contribution in [0.3, 0.4) is 0 Å². The molecule has 0 bridgehead atoms. The van der Waals surface area contributed by atoms with E-state index >= 15 is 0 Å². The van der Waals surface area contributed by atoms with Crippen LogP contribution in [0.2, 0.25) is 0 Å². The van der Waals surface area contributed by atoms with Crippen LogP contribution in [0.1, 0.15) is 6.42 Å². The van der Waals surface area contributed by atoms with Crippen molar-refractivity contribution in [2.45, 2.75) is 18.0 Å². The van der Waals surface area contributed by atoms with E-state index in [2.05, 4.69) is 10.6 Å². The smallest absolute Gasteiger partial charge is 0.305 e. The summed E-state index contributed by atoms with van der Waals surface area (Å²) in [5, 5.41) is 16.1.